The van der Waals surface area contributed by atoms with Gasteiger partial charge in [-0.15, -0.1) is 0 Å². The van der Waals surface area contributed by atoms with Gasteiger partial charge in [-0.05, 0) is 23.3 Å². The van der Waals surface area contributed by atoms with Gasteiger partial charge in [0.25, 0.3) is 0 Å². The van der Waals surface area contributed by atoms with Gasteiger partial charge in [0.1, 0.15) is 11.9 Å². The fourth-order valence-corrected chi connectivity index (χ4v) is 1.90. The minimum absolute atomic E-state index is 0.113. The predicted octanol–water partition coefficient (Wildman–Crippen LogP) is 3.30. The Balaban J connectivity index is 1.92. The molecule has 0 aliphatic carbocycles. The second kappa shape index (κ2) is 7.61. The minimum Gasteiger partial charge on any atom is -0.457 e. The summed E-state index contributed by atoms with van der Waals surface area (Å²) in [6.45, 7) is 3.42. The third-order valence-corrected chi connectivity index (χ3v) is 3.21. The summed E-state index contributed by atoms with van der Waals surface area (Å²) in [5.74, 6) is 0.115. The maximum atomic E-state index is 11.3. The lowest BCUT2D eigenvalue weighted by molar-refractivity contribution is -0.153. The molecule has 0 amide bonds. The van der Waals surface area contributed by atoms with E-state index in [0.29, 0.717) is 5.75 Å². The molecule has 2 rings (SSSR count). The second-order valence-electron chi connectivity index (χ2n) is 5.26. The van der Waals surface area contributed by atoms with Crippen molar-refractivity contribution in [2.24, 2.45) is 5.92 Å². The van der Waals surface area contributed by atoms with E-state index >= 15 is 0 Å². The highest BCUT2D eigenvalue weighted by Gasteiger charge is 2.10. The van der Waals surface area contributed by atoms with Gasteiger partial charge in [0.2, 0.25) is 6.79 Å². The van der Waals surface area contributed by atoms with Crippen LogP contribution >= 0.6 is 0 Å². The van der Waals surface area contributed by atoms with Gasteiger partial charge in [0.05, 0.1) is 5.92 Å². The Morgan fingerprint density at radius 1 is 1.00 bits per heavy atom. The molecule has 0 aliphatic rings. The fourth-order valence-electron chi connectivity index (χ4n) is 1.90. The smallest absolute Gasteiger partial charge is 0.311 e. The third kappa shape index (κ3) is 4.33. The fraction of sp³-hybridized carbons (Fsp3) is 0.278. The van der Waals surface area contributed by atoms with E-state index in [9.17, 15) is 9.90 Å². The van der Waals surface area contributed by atoms with Gasteiger partial charge >= 0.3 is 5.97 Å². The first-order chi connectivity index (χ1) is 10.6. The van der Waals surface area contributed by atoms with Gasteiger partial charge in [0, 0.05) is 0 Å². The monoisotopic (exact) mass is 300 g/mol. The van der Waals surface area contributed by atoms with Crippen molar-refractivity contribution in [1.82, 2.24) is 0 Å². The molecule has 0 saturated heterocycles. The number of hydrogen-bond acceptors (Lipinski definition) is 4. The van der Waals surface area contributed by atoms with Gasteiger partial charge in [-0.25, -0.2) is 0 Å². The molecule has 1 N–H and O–H groups in total. The van der Waals surface area contributed by atoms with Crippen LogP contribution in [0.3, 0.4) is 0 Å². The molecular formula is C18H20O4. The van der Waals surface area contributed by atoms with Gasteiger partial charge in [-0.2, -0.15) is 0 Å². The van der Waals surface area contributed by atoms with Crippen LogP contribution < -0.4 is 4.74 Å². The molecule has 0 fully saturated rings. The van der Waals surface area contributed by atoms with E-state index in [2.05, 4.69) is 0 Å². The van der Waals surface area contributed by atoms with E-state index in [0.717, 1.165) is 11.1 Å². The van der Waals surface area contributed by atoms with Crippen LogP contribution in [0.25, 0.3) is 0 Å². The number of esters is 1. The number of aliphatic hydroxyl groups is 1. The highest BCUT2D eigenvalue weighted by molar-refractivity contribution is 5.71. The number of rotatable bonds is 6. The quantitative estimate of drug-likeness (QED) is 0.657. The molecule has 4 heteroatoms. The van der Waals surface area contributed by atoms with Crippen LogP contribution in [0.1, 0.15) is 31.1 Å². The number of hydrogen-bond donors (Lipinski definition) is 1. The molecule has 4 nitrogen and oxygen atoms in total. The molecule has 0 saturated carbocycles. The van der Waals surface area contributed by atoms with Crippen molar-refractivity contribution in [3.05, 3.63) is 65.7 Å². The van der Waals surface area contributed by atoms with E-state index in [-0.39, 0.29) is 18.7 Å². The molecule has 0 heterocycles. The summed E-state index contributed by atoms with van der Waals surface area (Å²) in [5, 5.41) is 10.3. The zero-order valence-electron chi connectivity index (χ0n) is 12.7. The molecule has 22 heavy (non-hydrogen) atoms. The SMILES string of the molecule is CC(C)C(=O)OCOc1ccc(C(O)c2ccccc2)cc1. The Bertz CT molecular complexity index is 590. The summed E-state index contributed by atoms with van der Waals surface area (Å²) in [4.78, 5) is 11.3. The normalized spacial score (nSPS) is 12.0. The number of carbonyl (C=O) groups is 1. The summed E-state index contributed by atoms with van der Waals surface area (Å²) in [6.07, 6.45) is -0.672. The third-order valence-electron chi connectivity index (χ3n) is 3.21. The maximum absolute atomic E-state index is 11.3. The standard InChI is InChI=1S/C18H20O4/c1-13(2)18(20)22-12-21-16-10-8-15(9-11-16)17(19)14-6-4-3-5-7-14/h3-11,13,17,19H,12H2,1-2H3. The van der Waals surface area contributed by atoms with Gasteiger partial charge < -0.3 is 14.6 Å². The zero-order chi connectivity index (χ0) is 15.9. The Morgan fingerprint density at radius 3 is 2.18 bits per heavy atom. The lowest BCUT2D eigenvalue weighted by atomic mass is 10.0. The first-order valence-electron chi connectivity index (χ1n) is 7.20. The first kappa shape index (κ1) is 16.0. The molecule has 0 bridgehead atoms. The number of benzene rings is 2. The van der Waals surface area contributed by atoms with Gasteiger partial charge in [-0.3, -0.25) is 4.79 Å². The number of aliphatic hydroxyl groups excluding tert-OH is 1. The summed E-state index contributed by atoms with van der Waals surface area (Å²) in [6, 6.07) is 16.5. The van der Waals surface area contributed by atoms with E-state index in [1.807, 2.05) is 30.3 Å². The summed E-state index contributed by atoms with van der Waals surface area (Å²) in [7, 11) is 0. The zero-order valence-corrected chi connectivity index (χ0v) is 12.7. The van der Waals surface area contributed by atoms with Gasteiger partial charge in [0.15, 0.2) is 0 Å². The van der Waals surface area contributed by atoms with Crippen molar-refractivity contribution >= 4 is 5.97 Å². The van der Waals surface area contributed by atoms with E-state index in [1.54, 1.807) is 38.1 Å². The maximum Gasteiger partial charge on any atom is 0.311 e. The highest BCUT2D eigenvalue weighted by Crippen LogP contribution is 2.23. The van der Waals surface area contributed by atoms with Crippen LogP contribution in [0.4, 0.5) is 0 Å². The van der Waals surface area contributed by atoms with Crippen LogP contribution in [0.15, 0.2) is 54.6 Å². The predicted molar refractivity (Wildman–Crippen MR) is 83.4 cm³/mol. The average Bonchev–Trinajstić information content (AvgIpc) is 2.55. The summed E-state index contributed by atoms with van der Waals surface area (Å²) >= 11 is 0. The van der Waals surface area contributed by atoms with Crippen molar-refractivity contribution in [3.63, 3.8) is 0 Å². The molecule has 0 aromatic heterocycles. The van der Waals surface area contributed by atoms with Crippen LogP contribution in [-0.4, -0.2) is 17.9 Å². The summed E-state index contributed by atoms with van der Waals surface area (Å²) in [5.41, 5.74) is 1.61. The number of ether oxygens (including phenoxy) is 2. The van der Waals surface area contributed by atoms with E-state index in [1.165, 1.54) is 0 Å². The Kier molecular flexibility index (Phi) is 5.55. The Morgan fingerprint density at radius 2 is 1.59 bits per heavy atom. The largest absolute Gasteiger partial charge is 0.457 e. The molecule has 0 spiro atoms. The summed E-state index contributed by atoms with van der Waals surface area (Å²) < 4.78 is 10.3. The van der Waals surface area contributed by atoms with Crippen molar-refractivity contribution in [1.29, 1.82) is 0 Å². The molecule has 1 atom stereocenters. The van der Waals surface area contributed by atoms with Crippen LogP contribution in [0, 0.1) is 5.92 Å². The van der Waals surface area contributed by atoms with Crippen LogP contribution in [-0.2, 0) is 9.53 Å². The van der Waals surface area contributed by atoms with E-state index in [4.69, 9.17) is 9.47 Å². The molecular weight excluding hydrogens is 280 g/mol. The van der Waals surface area contributed by atoms with Crippen molar-refractivity contribution in [2.75, 3.05) is 6.79 Å². The number of carbonyl (C=O) groups excluding carboxylic acids is 1. The molecule has 2 aromatic rings. The average molecular weight is 300 g/mol. The van der Waals surface area contributed by atoms with Crippen molar-refractivity contribution < 1.29 is 19.4 Å². The van der Waals surface area contributed by atoms with Crippen LogP contribution in [0.2, 0.25) is 0 Å². The molecule has 1 unspecified atom stereocenters. The lowest BCUT2D eigenvalue weighted by Gasteiger charge is -2.13. The first-order valence-corrected chi connectivity index (χ1v) is 7.20. The molecule has 0 radical (unpaired) electrons. The lowest BCUT2D eigenvalue weighted by Crippen LogP contribution is -2.15. The van der Waals surface area contributed by atoms with E-state index < -0.39 is 6.10 Å². The topological polar surface area (TPSA) is 55.8 Å². The highest BCUT2D eigenvalue weighted by atomic mass is 16.7. The van der Waals surface area contributed by atoms with Crippen molar-refractivity contribution in [3.8, 4) is 5.75 Å². The molecule has 0 aliphatic heterocycles. The van der Waals surface area contributed by atoms with Gasteiger partial charge in [-0.1, -0.05) is 56.3 Å². The second-order valence-corrected chi connectivity index (χ2v) is 5.26. The Hall–Kier alpha value is -2.33. The van der Waals surface area contributed by atoms with Crippen LogP contribution in [0.5, 0.6) is 5.75 Å². The minimum atomic E-state index is -0.672. The Labute approximate surface area is 130 Å². The van der Waals surface area contributed by atoms with Crippen molar-refractivity contribution in [2.45, 2.75) is 20.0 Å². The molecule has 2 aromatic carbocycles. The molecule has 116 valence electrons.